The molecule has 0 bridgehead atoms. The zero-order valence-corrected chi connectivity index (χ0v) is 15.4. The molecule has 2 heterocycles. The Kier molecular flexibility index (Phi) is 7.31. The fourth-order valence-corrected chi connectivity index (χ4v) is 3.98. The number of benzene rings is 1. The summed E-state index contributed by atoms with van der Waals surface area (Å²) in [6, 6.07) is 8.71. The molecule has 1 amide bonds. The third-order valence-electron chi connectivity index (χ3n) is 5.53. The number of carbonyl (C=O) groups is 1. The van der Waals surface area contributed by atoms with Gasteiger partial charge >= 0.3 is 0 Å². The van der Waals surface area contributed by atoms with Gasteiger partial charge in [-0.25, -0.2) is 0 Å². The van der Waals surface area contributed by atoms with Crippen molar-refractivity contribution in [1.82, 2.24) is 15.5 Å². The first-order chi connectivity index (χ1) is 12.3. The summed E-state index contributed by atoms with van der Waals surface area (Å²) >= 11 is 0. The highest BCUT2D eigenvalue weighted by Crippen LogP contribution is 2.15. The average molecular weight is 344 g/mol. The van der Waals surface area contributed by atoms with Crippen molar-refractivity contribution < 1.29 is 4.79 Å². The number of rotatable bonds is 7. The number of hydrogen-bond donors (Lipinski definition) is 2. The molecule has 2 aliphatic heterocycles. The first-order valence-electron chi connectivity index (χ1n) is 10.1. The molecule has 1 atom stereocenters. The Morgan fingerprint density at radius 2 is 1.96 bits per heavy atom. The molecular formula is C21H33N3O. The average Bonchev–Trinajstić information content (AvgIpc) is 3.02. The number of amides is 1. The third kappa shape index (κ3) is 6.44. The quantitative estimate of drug-likeness (QED) is 0.800. The molecule has 0 saturated carbocycles. The lowest BCUT2D eigenvalue weighted by molar-refractivity contribution is -0.121. The summed E-state index contributed by atoms with van der Waals surface area (Å²) in [6.07, 6.45) is 8.27. The van der Waals surface area contributed by atoms with Crippen molar-refractivity contribution in [3.8, 4) is 0 Å². The summed E-state index contributed by atoms with van der Waals surface area (Å²) in [5.41, 5.74) is 2.58. The maximum Gasteiger partial charge on any atom is 0.220 e. The number of carbonyl (C=O) groups excluding carboxylic acids is 1. The molecular weight excluding hydrogens is 310 g/mol. The summed E-state index contributed by atoms with van der Waals surface area (Å²) in [7, 11) is 0. The van der Waals surface area contributed by atoms with Gasteiger partial charge in [-0.1, -0.05) is 37.1 Å². The molecule has 0 aliphatic carbocycles. The van der Waals surface area contributed by atoms with Crippen LogP contribution in [0.2, 0.25) is 0 Å². The number of nitrogens with zero attached hydrogens (tertiary/aromatic N) is 1. The van der Waals surface area contributed by atoms with Gasteiger partial charge in [-0.15, -0.1) is 0 Å². The van der Waals surface area contributed by atoms with Crippen LogP contribution in [0.15, 0.2) is 24.3 Å². The van der Waals surface area contributed by atoms with E-state index >= 15 is 0 Å². The summed E-state index contributed by atoms with van der Waals surface area (Å²) < 4.78 is 0. The second-order valence-electron chi connectivity index (χ2n) is 7.68. The molecule has 138 valence electrons. The number of nitrogens with one attached hydrogen (secondary N) is 2. The van der Waals surface area contributed by atoms with Gasteiger partial charge < -0.3 is 10.6 Å². The van der Waals surface area contributed by atoms with Crippen LogP contribution in [0.1, 0.15) is 56.1 Å². The molecule has 1 aromatic carbocycles. The van der Waals surface area contributed by atoms with Crippen LogP contribution in [0.4, 0.5) is 0 Å². The normalized spacial score (nSPS) is 21.8. The van der Waals surface area contributed by atoms with Crippen LogP contribution in [0, 0.1) is 5.92 Å². The minimum Gasteiger partial charge on any atom is -0.352 e. The minimum absolute atomic E-state index is 0.185. The SMILES string of the molecule is O=C(CCC1CCNC1)NCc1cccc(CN2CCCCCC2)c1. The van der Waals surface area contributed by atoms with E-state index in [-0.39, 0.29) is 5.91 Å². The van der Waals surface area contributed by atoms with E-state index in [4.69, 9.17) is 0 Å². The van der Waals surface area contributed by atoms with E-state index in [1.807, 2.05) is 0 Å². The lowest BCUT2D eigenvalue weighted by Gasteiger charge is -2.20. The Morgan fingerprint density at radius 3 is 2.72 bits per heavy atom. The fraction of sp³-hybridized carbons (Fsp3) is 0.667. The van der Waals surface area contributed by atoms with Crippen LogP contribution in [0.25, 0.3) is 0 Å². The summed E-state index contributed by atoms with van der Waals surface area (Å²) in [4.78, 5) is 14.6. The molecule has 2 saturated heterocycles. The molecule has 0 spiro atoms. The summed E-state index contributed by atoms with van der Waals surface area (Å²) in [5.74, 6) is 0.868. The Bertz CT molecular complexity index is 532. The monoisotopic (exact) mass is 343 g/mol. The molecule has 2 N–H and O–H groups in total. The molecule has 2 aliphatic rings. The van der Waals surface area contributed by atoms with Gasteiger partial charge in [0, 0.05) is 19.5 Å². The van der Waals surface area contributed by atoms with Gasteiger partial charge in [0.25, 0.3) is 0 Å². The first-order valence-corrected chi connectivity index (χ1v) is 10.1. The van der Waals surface area contributed by atoms with E-state index in [0.717, 1.165) is 26.1 Å². The van der Waals surface area contributed by atoms with Gasteiger partial charge in [-0.05, 0) is 68.9 Å². The van der Waals surface area contributed by atoms with E-state index < -0.39 is 0 Å². The van der Waals surface area contributed by atoms with Crippen molar-refractivity contribution in [3.63, 3.8) is 0 Å². The molecule has 2 fully saturated rings. The lowest BCUT2D eigenvalue weighted by Crippen LogP contribution is -2.25. The Balaban J connectivity index is 1.42. The van der Waals surface area contributed by atoms with E-state index in [0.29, 0.717) is 18.9 Å². The van der Waals surface area contributed by atoms with Crippen LogP contribution in [-0.4, -0.2) is 37.0 Å². The molecule has 0 radical (unpaired) electrons. The van der Waals surface area contributed by atoms with Gasteiger partial charge in [0.1, 0.15) is 0 Å². The van der Waals surface area contributed by atoms with Gasteiger partial charge in [0.15, 0.2) is 0 Å². The molecule has 4 nitrogen and oxygen atoms in total. The predicted molar refractivity (Wildman–Crippen MR) is 102 cm³/mol. The Morgan fingerprint density at radius 1 is 1.16 bits per heavy atom. The van der Waals surface area contributed by atoms with E-state index in [1.54, 1.807) is 0 Å². The van der Waals surface area contributed by atoms with Crippen molar-refractivity contribution in [1.29, 1.82) is 0 Å². The highest BCUT2D eigenvalue weighted by atomic mass is 16.1. The Labute approximate surface area is 152 Å². The summed E-state index contributed by atoms with van der Waals surface area (Å²) in [5, 5.41) is 6.45. The van der Waals surface area contributed by atoms with Crippen LogP contribution in [-0.2, 0) is 17.9 Å². The number of likely N-dealkylation sites (tertiary alicyclic amines) is 1. The van der Waals surface area contributed by atoms with E-state index in [9.17, 15) is 4.79 Å². The first kappa shape index (κ1) is 18.4. The zero-order valence-electron chi connectivity index (χ0n) is 15.4. The lowest BCUT2D eigenvalue weighted by atomic mass is 10.0. The van der Waals surface area contributed by atoms with Crippen molar-refractivity contribution in [2.24, 2.45) is 5.92 Å². The van der Waals surface area contributed by atoms with Gasteiger partial charge in [0.2, 0.25) is 5.91 Å². The van der Waals surface area contributed by atoms with Crippen LogP contribution in [0.5, 0.6) is 0 Å². The molecule has 1 aromatic rings. The predicted octanol–water partition coefficient (Wildman–Crippen LogP) is 3.07. The third-order valence-corrected chi connectivity index (χ3v) is 5.53. The zero-order chi connectivity index (χ0) is 17.3. The van der Waals surface area contributed by atoms with Crippen LogP contribution in [0.3, 0.4) is 0 Å². The highest BCUT2D eigenvalue weighted by molar-refractivity contribution is 5.75. The van der Waals surface area contributed by atoms with Crippen LogP contribution >= 0.6 is 0 Å². The molecule has 4 heteroatoms. The highest BCUT2D eigenvalue weighted by Gasteiger charge is 2.15. The molecule has 3 rings (SSSR count). The molecule has 1 unspecified atom stereocenters. The van der Waals surface area contributed by atoms with Gasteiger partial charge in [0.05, 0.1) is 0 Å². The fourth-order valence-electron chi connectivity index (χ4n) is 3.98. The topological polar surface area (TPSA) is 44.4 Å². The standard InChI is InChI=1S/C21H33N3O/c25-21(9-8-18-10-11-22-15-18)23-16-19-6-5-7-20(14-19)17-24-12-3-1-2-4-13-24/h5-7,14,18,22H,1-4,8-13,15-17H2,(H,23,25). The van der Waals surface area contributed by atoms with E-state index in [2.05, 4.69) is 39.8 Å². The van der Waals surface area contributed by atoms with E-state index in [1.165, 1.54) is 56.3 Å². The second kappa shape index (κ2) is 9.93. The van der Waals surface area contributed by atoms with Crippen molar-refractivity contribution in [3.05, 3.63) is 35.4 Å². The smallest absolute Gasteiger partial charge is 0.220 e. The molecule has 25 heavy (non-hydrogen) atoms. The summed E-state index contributed by atoms with van der Waals surface area (Å²) in [6.45, 7) is 6.31. The van der Waals surface area contributed by atoms with Crippen LogP contribution < -0.4 is 10.6 Å². The largest absolute Gasteiger partial charge is 0.352 e. The number of hydrogen-bond acceptors (Lipinski definition) is 3. The minimum atomic E-state index is 0.185. The maximum atomic E-state index is 12.1. The van der Waals surface area contributed by atoms with Crippen molar-refractivity contribution in [2.45, 2.75) is 58.0 Å². The van der Waals surface area contributed by atoms with Gasteiger partial charge in [-0.2, -0.15) is 0 Å². The van der Waals surface area contributed by atoms with Gasteiger partial charge in [-0.3, -0.25) is 9.69 Å². The van der Waals surface area contributed by atoms with Crippen molar-refractivity contribution >= 4 is 5.91 Å². The Hall–Kier alpha value is -1.39. The maximum absolute atomic E-state index is 12.1. The second-order valence-corrected chi connectivity index (χ2v) is 7.68. The molecule has 0 aromatic heterocycles. The van der Waals surface area contributed by atoms with Crippen molar-refractivity contribution in [2.75, 3.05) is 26.2 Å².